The highest BCUT2D eigenvalue weighted by Crippen LogP contribution is 2.33. The van der Waals surface area contributed by atoms with E-state index >= 15 is 0 Å². The van der Waals surface area contributed by atoms with Gasteiger partial charge in [0.1, 0.15) is 17.1 Å². The van der Waals surface area contributed by atoms with E-state index in [9.17, 15) is 9.18 Å². The summed E-state index contributed by atoms with van der Waals surface area (Å²) in [5.41, 5.74) is -0.367. The summed E-state index contributed by atoms with van der Waals surface area (Å²) in [5.74, 6) is -0.696. The number of carboxylic acids is 1. The van der Waals surface area contributed by atoms with Gasteiger partial charge in [-0.25, -0.2) is 9.18 Å². The van der Waals surface area contributed by atoms with Crippen molar-refractivity contribution in [3.05, 3.63) is 29.6 Å². The van der Waals surface area contributed by atoms with Crippen LogP contribution in [0.5, 0.6) is 5.75 Å². The molecule has 104 valence electrons. The molecule has 0 bridgehead atoms. The average molecular weight is 266 g/mol. The molecule has 0 heterocycles. The van der Waals surface area contributed by atoms with Gasteiger partial charge >= 0.3 is 5.97 Å². The van der Waals surface area contributed by atoms with Crippen molar-refractivity contribution >= 4 is 5.97 Å². The first-order chi connectivity index (χ1) is 8.99. The van der Waals surface area contributed by atoms with Gasteiger partial charge in [0.05, 0.1) is 6.10 Å². The van der Waals surface area contributed by atoms with Crippen LogP contribution >= 0.6 is 0 Å². The van der Waals surface area contributed by atoms with E-state index in [1.165, 1.54) is 12.1 Å². The summed E-state index contributed by atoms with van der Waals surface area (Å²) in [6.07, 6.45) is 2.81. The van der Waals surface area contributed by atoms with Crippen LogP contribution in [0.4, 0.5) is 4.39 Å². The van der Waals surface area contributed by atoms with Gasteiger partial charge < -0.3 is 9.84 Å². The fourth-order valence-corrected chi connectivity index (χ4v) is 2.59. The third-order valence-corrected chi connectivity index (χ3v) is 4.03. The Kier molecular flexibility index (Phi) is 4.08. The molecule has 4 heteroatoms. The second-order valence-corrected chi connectivity index (χ2v) is 5.43. The maximum atomic E-state index is 13.5. The first-order valence-electron chi connectivity index (χ1n) is 6.67. The van der Waals surface area contributed by atoms with Crippen molar-refractivity contribution in [3.63, 3.8) is 0 Å². The molecule has 1 aromatic carbocycles. The van der Waals surface area contributed by atoms with Gasteiger partial charge in [-0.2, -0.15) is 0 Å². The molecule has 0 aliphatic heterocycles. The van der Waals surface area contributed by atoms with Crippen LogP contribution in [0.3, 0.4) is 0 Å². The van der Waals surface area contributed by atoms with Crippen molar-refractivity contribution in [2.45, 2.75) is 39.2 Å². The molecule has 0 saturated heterocycles. The summed E-state index contributed by atoms with van der Waals surface area (Å²) in [6.45, 7) is 4.38. The first-order valence-corrected chi connectivity index (χ1v) is 6.67. The molecule has 0 amide bonds. The van der Waals surface area contributed by atoms with Gasteiger partial charge in [-0.3, -0.25) is 0 Å². The Morgan fingerprint density at radius 2 is 2.05 bits per heavy atom. The standard InChI is InChI=1S/C15H19FO3/c1-9-6-7-11(8-10(9)2)19-13-5-3-4-12(16)14(13)15(17)18/h3-5,9-11H,6-8H2,1-2H3,(H,17,18). The van der Waals surface area contributed by atoms with E-state index in [0.29, 0.717) is 11.8 Å². The number of carbonyl (C=O) groups is 1. The molecule has 3 unspecified atom stereocenters. The number of ether oxygens (including phenoxy) is 1. The van der Waals surface area contributed by atoms with Crippen LogP contribution < -0.4 is 4.74 Å². The highest BCUT2D eigenvalue weighted by Gasteiger charge is 2.27. The van der Waals surface area contributed by atoms with Crippen LogP contribution in [-0.2, 0) is 0 Å². The summed E-state index contributed by atoms with van der Waals surface area (Å²) in [4.78, 5) is 11.1. The lowest BCUT2D eigenvalue weighted by molar-refractivity contribution is 0.0669. The molecule has 1 N–H and O–H groups in total. The van der Waals surface area contributed by atoms with Crippen molar-refractivity contribution in [1.29, 1.82) is 0 Å². The van der Waals surface area contributed by atoms with E-state index in [1.807, 2.05) is 0 Å². The van der Waals surface area contributed by atoms with Crippen molar-refractivity contribution in [2.75, 3.05) is 0 Å². The molecular formula is C15H19FO3. The van der Waals surface area contributed by atoms with E-state index < -0.39 is 11.8 Å². The largest absolute Gasteiger partial charge is 0.489 e. The maximum absolute atomic E-state index is 13.5. The van der Waals surface area contributed by atoms with Gasteiger partial charge in [-0.05, 0) is 43.2 Å². The summed E-state index contributed by atoms with van der Waals surface area (Å²) in [5, 5.41) is 9.05. The lowest BCUT2D eigenvalue weighted by Crippen LogP contribution is -2.29. The number of carboxylic acid groups (broad SMARTS) is 1. The predicted molar refractivity (Wildman–Crippen MR) is 70.0 cm³/mol. The Balaban J connectivity index is 2.15. The molecule has 3 nitrogen and oxygen atoms in total. The molecule has 0 aromatic heterocycles. The quantitative estimate of drug-likeness (QED) is 0.906. The van der Waals surface area contributed by atoms with Gasteiger partial charge in [0.25, 0.3) is 0 Å². The molecule has 19 heavy (non-hydrogen) atoms. The Hall–Kier alpha value is -1.58. The first kappa shape index (κ1) is 13.8. The molecule has 1 aliphatic rings. The highest BCUT2D eigenvalue weighted by molar-refractivity contribution is 5.91. The Morgan fingerprint density at radius 3 is 2.68 bits per heavy atom. The zero-order valence-electron chi connectivity index (χ0n) is 11.2. The van der Waals surface area contributed by atoms with Crippen molar-refractivity contribution in [1.82, 2.24) is 0 Å². The zero-order chi connectivity index (χ0) is 14.0. The number of halogens is 1. The average Bonchev–Trinajstić information content (AvgIpc) is 2.33. The second kappa shape index (κ2) is 5.59. The van der Waals surface area contributed by atoms with Crippen LogP contribution in [0.25, 0.3) is 0 Å². The van der Waals surface area contributed by atoms with Crippen LogP contribution in [0.15, 0.2) is 18.2 Å². The van der Waals surface area contributed by atoms with Crippen molar-refractivity contribution < 1.29 is 19.0 Å². The number of hydrogen-bond donors (Lipinski definition) is 1. The number of rotatable bonds is 3. The monoisotopic (exact) mass is 266 g/mol. The van der Waals surface area contributed by atoms with E-state index in [1.54, 1.807) is 0 Å². The lowest BCUT2D eigenvalue weighted by Gasteiger charge is -2.32. The summed E-state index contributed by atoms with van der Waals surface area (Å²) in [6, 6.07) is 4.14. The zero-order valence-corrected chi connectivity index (χ0v) is 11.2. The molecule has 0 spiro atoms. The van der Waals surface area contributed by atoms with Crippen LogP contribution in [-0.4, -0.2) is 17.2 Å². The van der Waals surface area contributed by atoms with Gasteiger partial charge in [0.15, 0.2) is 0 Å². The lowest BCUT2D eigenvalue weighted by atomic mass is 9.80. The minimum atomic E-state index is -1.29. The predicted octanol–water partition coefficient (Wildman–Crippen LogP) is 3.73. The third-order valence-electron chi connectivity index (χ3n) is 4.03. The van der Waals surface area contributed by atoms with E-state index in [0.717, 1.165) is 25.3 Å². The number of hydrogen-bond acceptors (Lipinski definition) is 2. The molecular weight excluding hydrogens is 247 g/mol. The summed E-state index contributed by atoms with van der Waals surface area (Å²) >= 11 is 0. The molecule has 1 aliphatic carbocycles. The van der Waals surface area contributed by atoms with Crippen LogP contribution in [0.1, 0.15) is 43.5 Å². The Labute approximate surface area is 112 Å². The normalized spacial score (nSPS) is 27.0. The maximum Gasteiger partial charge on any atom is 0.342 e. The number of benzene rings is 1. The fourth-order valence-electron chi connectivity index (χ4n) is 2.59. The Morgan fingerprint density at radius 1 is 1.32 bits per heavy atom. The Bertz CT molecular complexity index is 472. The topological polar surface area (TPSA) is 46.5 Å². The summed E-state index contributed by atoms with van der Waals surface area (Å²) < 4.78 is 19.3. The van der Waals surface area contributed by atoms with E-state index in [-0.39, 0.29) is 17.4 Å². The van der Waals surface area contributed by atoms with Gasteiger partial charge in [-0.1, -0.05) is 19.9 Å². The molecule has 3 atom stereocenters. The smallest absolute Gasteiger partial charge is 0.342 e. The minimum Gasteiger partial charge on any atom is -0.489 e. The van der Waals surface area contributed by atoms with E-state index in [4.69, 9.17) is 9.84 Å². The molecule has 0 radical (unpaired) electrons. The van der Waals surface area contributed by atoms with Gasteiger partial charge in [0.2, 0.25) is 0 Å². The minimum absolute atomic E-state index is 0.0221. The number of aromatic carboxylic acids is 1. The molecule has 1 fully saturated rings. The van der Waals surface area contributed by atoms with E-state index in [2.05, 4.69) is 13.8 Å². The van der Waals surface area contributed by atoms with Crippen LogP contribution in [0.2, 0.25) is 0 Å². The van der Waals surface area contributed by atoms with Crippen molar-refractivity contribution in [2.24, 2.45) is 11.8 Å². The van der Waals surface area contributed by atoms with Crippen molar-refractivity contribution in [3.8, 4) is 5.75 Å². The van der Waals surface area contributed by atoms with Gasteiger partial charge in [-0.15, -0.1) is 0 Å². The molecule has 1 aromatic rings. The molecule has 1 saturated carbocycles. The summed E-state index contributed by atoms with van der Waals surface area (Å²) in [7, 11) is 0. The highest BCUT2D eigenvalue weighted by atomic mass is 19.1. The SMILES string of the molecule is CC1CCC(Oc2cccc(F)c2C(=O)O)CC1C. The fraction of sp³-hybridized carbons (Fsp3) is 0.533. The molecule has 2 rings (SSSR count). The second-order valence-electron chi connectivity index (χ2n) is 5.43. The van der Waals surface area contributed by atoms with Gasteiger partial charge in [0, 0.05) is 0 Å². The third kappa shape index (κ3) is 3.06. The van der Waals surface area contributed by atoms with Crippen LogP contribution in [0, 0.1) is 17.7 Å².